The second-order valence-electron chi connectivity index (χ2n) is 15.7. The number of likely N-dealkylation sites (N-methyl/N-ethyl adjacent to an activating group) is 1. The Kier molecular flexibility index (Phi) is 19.7. The molecule has 2 saturated carbocycles. The number of aromatic nitrogens is 4. The summed E-state index contributed by atoms with van der Waals surface area (Å²) in [5.74, 6) is 4.50. The summed E-state index contributed by atoms with van der Waals surface area (Å²) < 4.78 is 0. The quantitative estimate of drug-likeness (QED) is 0.132. The molecule has 3 aromatic rings. The summed E-state index contributed by atoms with van der Waals surface area (Å²) in [6, 6.07) is 11.2. The first-order valence-corrected chi connectivity index (χ1v) is 20.9. The van der Waals surface area contributed by atoms with Crippen molar-refractivity contribution in [3.8, 4) is 11.3 Å². The van der Waals surface area contributed by atoms with Crippen LogP contribution in [0.4, 0.5) is 0 Å². The van der Waals surface area contributed by atoms with Crippen molar-refractivity contribution in [3.63, 3.8) is 0 Å². The van der Waals surface area contributed by atoms with Gasteiger partial charge in [-0.25, -0.2) is 9.97 Å². The largest absolute Gasteiger partial charge is 0.400 e. The molecule has 2 aliphatic heterocycles. The predicted octanol–water partition coefficient (Wildman–Crippen LogP) is 6.44. The number of carbonyl (C=O) groups is 2. The van der Waals surface area contributed by atoms with Gasteiger partial charge in [0.05, 0.1) is 47.9 Å². The Balaban J connectivity index is 0.000000390. The zero-order valence-electron chi connectivity index (χ0n) is 36.2. The van der Waals surface area contributed by atoms with Crippen LogP contribution in [-0.2, 0) is 9.59 Å². The third-order valence-corrected chi connectivity index (χ3v) is 12.2. The van der Waals surface area contributed by atoms with E-state index >= 15 is 0 Å². The van der Waals surface area contributed by atoms with Crippen molar-refractivity contribution in [3.05, 3.63) is 77.8 Å². The summed E-state index contributed by atoms with van der Waals surface area (Å²) in [5.41, 5.74) is 11.4. The Morgan fingerprint density at radius 2 is 1.32 bits per heavy atom. The molecule has 4 bridgehead atoms. The van der Waals surface area contributed by atoms with Gasteiger partial charge in [0.1, 0.15) is 24.2 Å². The Morgan fingerprint density at radius 1 is 0.807 bits per heavy atom. The number of nitrogens with one attached hydrogen (secondary N) is 3. The number of hydrogen-bond acceptors (Lipinski definition) is 10. The minimum atomic E-state index is -0.278. The summed E-state index contributed by atoms with van der Waals surface area (Å²) in [7, 11) is 8.29. The highest BCUT2D eigenvalue weighted by Crippen LogP contribution is 2.49. The number of rotatable bonds is 9. The molecule has 0 spiro atoms. The number of aromatic amines is 2. The molecule has 9 unspecified atom stereocenters. The third-order valence-electron chi connectivity index (χ3n) is 12.2. The molecule has 4 heterocycles. The van der Waals surface area contributed by atoms with E-state index in [0.29, 0.717) is 18.0 Å². The van der Waals surface area contributed by atoms with Gasteiger partial charge in [-0.15, -0.1) is 0 Å². The molecule has 2 aromatic heterocycles. The highest BCUT2D eigenvalue weighted by atomic mass is 16.2. The number of fused-ring (bicyclic) bond motifs is 4. The van der Waals surface area contributed by atoms with E-state index in [1.807, 2.05) is 40.1 Å². The lowest BCUT2D eigenvalue weighted by molar-refractivity contribution is -0.110. The monoisotopic (exact) mass is 789 g/mol. The van der Waals surface area contributed by atoms with Crippen LogP contribution >= 0.6 is 0 Å². The van der Waals surface area contributed by atoms with Crippen LogP contribution in [0.1, 0.15) is 120 Å². The number of H-pyrrole nitrogens is 2. The summed E-state index contributed by atoms with van der Waals surface area (Å²) in [4.78, 5) is 41.5. The number of benzene rings is 1. The van der Waals surface area contributed by atoms with Crippen molar-refractivity contribution in [2.75, 3.05) is 35.4 Å². The maximum atomic E-state index is 9.82. The zero-order chi connectivity index (χ0) is 42.2. The lowest BCUT2D eigenvalue weighted by Crippen LogP contribution is -2.32. The van der Waals surface area contributed by atoms with E-state index in [9.17, 15) is 9.59 Å². The van der Waals surface area contributed by atoms with Crippen LogP contribution in [0.5, 0.6) is 0 Å². The summed E-state index contributed by atoms with van der Waals surface area (Å²) in [6.07, 6.45) is 21.7. The highest BCUT2D eigenvalue weighted by Gasteiger charge is 2.46. The maximum Gasteiger partial charge on any atom is 0.136 e. The number of nitrogens with two attached hydrogens (primary N) is 1. The molecule has 9 atom stereocenters. The molecule has 316 valence electrons. The number of allylic oxidation sites excluding steroid dienone is 4. The summed E-state index contributed by atoms with van der Waals surface area (Å²) in [5, 5.41) is 16.7. The van der Waals surface area contributed by atoms with Gasteiger partial charge in [-0.05, 0) is 107 Å². The van der Waals surface area contributed by atoms with E-state index in [-0.39, 0.29) is 18.0 Å². The predicted molar refractivity (Wildman–Crippen MR) is 231 cm³/mol. The van der Waals surface area contributed by atoms with Gasteiger partial charge in [-0.2, -0.15) is 0 Å². The molecule has 12 heteroatoms. The van der Waals surface area contributed by atoms with Gasteiger partial charge in [-0.1, -0.05) is 70.2 Å². The minimum Gasteiger partial charge on any atom is -0.400 e. The number of carbonyl (C=O) groups excluding carboxylic acids is 2. The van der Waals surface area contributed by atoms with Gasteiger partial charge in [0.15, 0.2) is 0 Å². The van der Waals surface area contributed by atoms with Gasteiger partial charge >= 0.3 is 0 Å². The van der Waals surface area contributed by atoms with E-state index in [1.165, 1.54) is 55.2 Å². The fraction of sp³-hybridized carbons (Fsp3) is 0.600. The molecule has 7 N–H and O–H groups in total. The van der Waals surface area contributed by atoms with Crippen molar-refractivity contribution in [1.29, 1.82) is 0 Å². The number of likely N-dealkylation sites (tertiary alicyclic amines) is 2. The van der Waals surface area contributed by atoms with Crippen LogP contribution in [0.15, 0.2) is 54.9 Å². The highest BCUT2D eigenvalue weighted by molar-refractivity contribution is 5.73. The van der Waals surface area contributed by atoms with Gasteiger partial charge < -0.3 is 40.8 Å². The first-order valence-electron chi connectivity index (χ1n) is 20.9. The van der Waals surface area contributed by atoms with E-state index in [1.54, 1.807) is 14.0 Å². The van der Waals surface area contributed by atoms with E-state index in [2.05, 4.69) is 81.7 Å². The Bertz CT molecular complexity index is 1680. The topological polar surface area (TPSA) is 176 Å². The molecule has 0 radical (unpaired) electrons. The third kappa shape index (κ3) is 11.7. The van der Waals surface area contributed by atoms with Crippen LogP contribution in [0.2, 0.25) is 0 Å². The SMILES string of the molecule is CC.CC(C)C(N)C=O.CN1C2CCC(C2)C1c1ncc(C2=CCC(c3ccc(-c4cnc(C5C6CCC(C6)N5C)[nH]4)cc3)C=C2)[nH]1.CNC(C)C=O.CO.CO. The number of hydrogen-bond donors (Lipinski definition) is 6. The lowest BCUT2D eigenvalue weighted by Gasteiger charge is -2.30. The molecule has 57 heavy (non-hydrogen) atoms. The number of aliphatic hydroxyl groups excluding tert-OH is 2. The second kappa shape index (κ2) is 23.6. The molecule has 4 fully saturated rings. The molecule has 8 rings (SSSR count). The number of aldehydes is 2. The molecule has 2 saturated heterocycles. The molecule has 1 aromatic carbocycles. The van der Waals surface area contributed by atoms with Crippen molar-refractivity contribution < 1.29 is 19.8 Å². The zero-order valence-corrected chi connectivity index (χ0v) is 36.2. The second-order valence-corrected chi connectivity index (χ2v) is 15.7. The molecule has 5 aliphatic rings. The van der Waals surface area contributed by atoms with Crippen LogP contribution < -0.4 is 11.1 Å². The fourth-order valence-electron chi connectivity index (χ4n) is 8.72. The number of nitrogens with zero attached hydrogens (tertiary/aromatic N) is 4. The van der Waals surface area contributed by atoms with E-state index in [4.69, 9.17) is 25.9 Å². The fourth-order valence-corrected chi connectivity index (χ4v) is 8.72. The Labute approximate surface area is 341 Å². The van der Waals surface area contributed by atoms with Crippen molar-refractivity contribution >= 4 is 18.1 Å². The smallest absolute Gasteiger partial charge is 0.136 e. The molecular formula is C45H72N8O4. The van der Waals surface area contributed by atoms with Crippen LogP contribution in [-0.4, -0.2) is 112 Å². The van der Waals surface area contributed by atoms with Crippen molar-refractivity contribution in [1.82, 2.24) is 35.1 Å². The van der Waals surface area contributed by atoms with Crippen LogP contribution in [0.25, 0.3) is 16.8 Å². The number of imidazole rings is 2. The van der Waals surface area contributed by atoms with Crippen molar-refractivity contribution in [2.24, 2.45) is 23.5 Å². The minimum absolute atomic E-state index is 0.00463. The average molecular weight is 789 g/mol. The number of aliphatic hydroxyl groups is 2. The van der Waals surface area contributed by atoms with E-state index in [0.717, 1.165) is 80.2 Å². The lowest BCUT2D eigenvalue weighted by atomic mass is 9.89. The van der Waals surface area contributed by atoms with Crippen molar-refractivity contribution in [2.45, 2.75) is 122 Å². The summed E-state index contributed by atoms with van der Waals surface area (Å²) >= 11 is 0. The van der Waals surface area contributed by atoms with Crippen LogP contribution in [0, 0.1) is 17.8 Å². The van der Waals surface area contributed by atoms with Gasteiger partial charge in [0, 0.05) is 32.2 Å². The first-order chi connectivity index (χ1) is 27.6. The Hall–Kier alpha value is -3.78. The summed E-state index contributed by atoms with van der Waals surface area (Å²) in [6.45, 7) is 9.63. The normalized spacial score (nSPS) is 26.5. The number of piperidine rings is 2. The van der Waals surface area contributed by atoms with E-state index < -0.39 is 0 Å². The molecule has 3 aliphatic carbocycles. The first kappa shape index (κ1) is 47.6. The Morgan fingerprint density at radius 3 is 1.68 bits per heavy atom. The van der Waals surface area contributed by atoms with Gasteiger partial charge in [0.2, 0.25) is 0 Å². The van der Waals surface area contributed by atoms with Crippen LogP contribution in [0.3, 0.4) is 0 Å². The molecule has 0 amide bonds. The molecule has 12 nitrogen and oxygen atoms in total. The van der Waals surface area contributed by atoms with Gasteiger partial charge in [-0.3, -0.25) is 9.80 Å². The van der Waals surface area contributed by atoms with Gasteiger partial charge in [0.25, 0.3) is 0 Å². The molecular weight excluding hydrogens is 717 g/mol. The maximum absolute atomic E-state index is 9.82. The standard InChI is InChI=1S/C32H38N6.C5H11NO.C4H9NO.C2H6.2CH4O/c1-37-25-13-11-23(15-25)29(37)31-33-17-27(35-31)21-7-3-19(4-8-21)20-5-9-22(10-6-20)28-18-34-32(36-28)30-24-12-14-26(16-24)38(30)2;1-4(2)5(6)3-7;1-4(3-6)5-2;3*1-2/h3-5,7-10,17-18,20,23-26,29-30H,6,11-16H2,1-2H3,(H,33,35)(H,34,36);3-5H,6H2,1-2H3;3-5H,1-2H3;1-2H3;2*2H,1H3. The average Bonchev–Trinajstić information content (AvgIpc) is 4.14.